The quantitative estimate of drug-likeness (QED) is 0.759. The first kappa shape index (κ1) is 22.1. The molecule has 1 N–H and O–H groups in total. The monoisotopic (exact) mass is 414 g/mol. The second kappa shape index (κ2) is 9.06. The number of benzene rings is 1. The number of hydrogen-bond acceptors (Lipinski definition) is 5. The molecule has 7 nitrogen and oxygen atoms in total. The lowest BCUT2D eigenvalue weighted by Gasteiger charge is -2.29. The van der Waals surface area contributed by atoms with Crippen LogP contribution in [0.15, 0.2) is 24.3 Å². The fourth-order valence-corrected chi connectivity index (χ4v) is 3.98. The zero-order valence-electron chi connectivity index (χ0n) is 18.9. The molecule has 1 aromatic carbocycles. The Bertz CT molecular complexity index is 864. The van der Waals surface area contributed by atoms with Crippen molar-refractivity contribution in [3.8, 4) is 5.75 Å². The SMILES string of the molecule is Cc1cccc(O[C@H](C)c2nnc(C3CCC(NC(=O)OC(C)(C)C)CC3)n2C)c1. The lowest BCUT2D eigenvalue weighted by atomic mass is 9.85. The number of nitrogens with one attached hydrogen (secondary N) is 1. The molecule has 0 unspecified atom stereocenters. The van der Waals surface area contributed by atoms with Gasteiger partial charge in [-0.3, -0.25) is 0 Å². The van der Waals surface area contributed by atoms with E-state index in [2.05, 4.69) is 20.1 Å². The summed E-state index contributed by atoms with van der Waals surface area (Å²) in [5.41, 5.74) is 0.683. The molecule has 0 aliphatic heterocycles. The zero-order valence-corrected chi connectivity index (χ0v) is 18.9. The van der Waals surface area contributed by atoms with Crippen molar-refractivity contribution in [1.82, 2.24) is 20.1 Å². The number of ether oxygens (including phenoxy) is 2. The molecule has 30 heavy (non-hydrogen) atoms. The van der Waals surface area contributed by atoms with Gasteiger partial charge in [-0.05, 0) is 78.0 Å². The Morgan fingerprint density at radius 3 is 2.53 bits per heavy atom. The Morgan fingerprint density at radius 2 is 1.90 bits per heavy atom. The number of hydrogen-bond donors (Lipinski definition) is 1. The summed E-state index contributed by atoms with van der Waals surface area (Å²) < 4.78 is 13.5. The first-order chi connectivity index (χ1) is 14.1. The zero-order chi connectivity index (χ0) is 21.9. The van der Waals surface area contributed by atoms with Gasteiger partial charge in [-0.15, -0.1) is 10.2 Å². The van der Waals surface area contributed by atoms with E-state index in [0.717, 1.165) is 48.6 Å². The largest absolute Gasteiger partial charge is 0.483 e. The van der Waals surface area contributed by atoms with Crippen molar-refractivity contribution in [2.45, 2.75) is 84.0 Å². The maximum Gasteiger partial charge on any atom is 0.407 e. The summed E-state index contributed by atoms with van der Waals surface area (Å²) in [7, 11) is 2.01. The maximum absolute atomic E-state index is 12.0. The van der Waals surface area contributed by atoms with Gasteiger partial charge in [0.2, 0.25) is 0 Å². The van der Waals surface area contributed by atoms with Gasteiger partial charge in [-0.1, -0.05) is 12.1 Å². The van der Waals surface area contributed by atoms with Crippen molar-refractivity contribution >= 4 is 6.09 Å². The van der Waals surface area contributed by atoms with Crippen LogP contribution in [0, 0.1) is 6.92 Å². The van der Waals surface area contributed by atoms with E-state index in [0.29, 0.717) is 5.92 Å². The van der Waals surface area contributed by atoms with Gasteiger partial charge < -0.3 is 19.4 Å². The van der Waals surface area contributed by atoms with E-state index in [9.17, 15) is 4.79 Å². The van der Waals surface area contributed by atoms with E-state index in [1.807, 2.05) is 65.9 Å². The van der Waals surface area contributed by atoms with Crippen molar-refractivity contribution in [3.05, 3.63) is 41.5 Å². The van der Waals surface area contributed by atoms with E-state index < -0.39 is 5.60 Å². The van der Waals surface area contributed by atoms with E-state index in [1.165, 1.54) is 0 Å². The molecule has 1 fully saturated rings. The second-order valence-corrected chi connectivity index (χ2v) is 9.25. The Morgan fingerprint density at radius 1 is 1.20 bits per heavy atom. The lowest BCUT2D eigenvalue weighted by Crippen LogP contribution is -2.40. The Hall–Kier alpha value is -2.57. The molecule has 7 heteroatoms. The van der Waals surface area contributed by atoms with Gasteiger partial charge in [-0.25, -0.2) is 4.79 Å². The Labute approximate surface area is 179 Å². The van der Waals surface area contributed by atoms with Crippen LogP contribution in [0.5, 0.6) is 5.75 Å². The maximum atomic E-state index is 12.0. The molecule has 1 aromatic heterocycles. The average Bonchev–Trinajstić information content (AvgIpc) is 3.02. The highest BCUT2D eigenvalue weighted by atomic mass is 16.6. The topological polar surface area (TPSA) is 78.3 Å². The third-order valence-electron chi connectivity index (χ3n) is 5.42. The molecule has 0 radical (unpaired) electrons. The van der Waals surface area contributed by atoms with Crippen molar-refractivity contribution in [2.75, 3.05) is 0 Å². The lowest BCUT2D eigenvalue weighted by molar-refractivity contribution is 0.0491. The molecular formula is C23H34N4O3. The highest BCUT2D eigenvalue weighted by Gasteiger charge is 2.29. The van der Waals surface area contributed by atoms with Crippen LogP contribution in [-0.2, 0) is 11.8 Å². The van der Waals surface area contributed by atoms with Crippen molar-refractivity contribution in [3.63, 3.8) is 0 Å². The first-order valence-corrected chi connectivity index (χ1v) is 10.7. The van der Waals surface area contributed by atoms with Crippen LogP contribution in [0.25, 0.3) is 0 Å². The molecule has 0 bridgehead atoms. The smallest absolute Gasteiger partial charge is 0.407 e. The number of rotatable bonds is 5. The highest BCUT2D eigenvalue weighted by Crippen LogP contribution is 2.33. The second-order valence-electron chi connectivity index (χ2n) is 9.25. The normalized spacial score (nSPS) is 20.5. The molecule has 0 saturated heterocycles. The van der Waals surface area contributed by atoms with Crippen LogP contribution in [0.4, 0.5) is 4.79 Å². The van der Waals surface area contributed by atoms with Gasteiger partial charge in [0, 0.05) is 19.0 Å². The standard InChI is InChI=1S/C23H34N4O3/c1-15-8-7-9-19(14-15)29-16(2)20-25-26-21(27(20)6)17-10-12-18(13-11-17)24-22(28)30-23(3,4)5/h7-9,14,16-18H,10-13H2,1-6H3,(H,24,28)/t16-,17?,18?/m1/s1. The number of amides is 1. The van der Waals surface area contributed by atoms with Crippen LogP contribution in [0.2, 0.25) is 0 Å². The molecule has 2 aromatic rings. The number of carbonyl (C=O) groups is 1. The minimum atomic E-state index is -0.479. The van der Waals surface area contributed by atoms with E-state index >= 15 is 0 Å². The number of aryl methyl sites for hydroxylation is 1. The van der Waals surface area contributed by atoms with Crippen LogP contribution >= 0.6 is 0 Å². The van der Waals surface area contributed by atoms with Gasteiger partial charge in [0.1, 0.15) is 17.2 Å². The molecule has 1 heterocycles. The molecule has 3 rings (SSSR count). The predicted molar refractivity (Wildman–Crippen MR) is 116 cm³/mol. The molecule has 1 saturated carbocycles. The molecular weight excluding hydrogens is 380 g/mol. The molecule has 1 atom stereocenters. The number of nitrogens with zero attached hydrogens (tertiary/aromatic N) is 3. The minimum Gasteiger partial charge on any atom is -0.483 e. The number of aromatic nitrogens is 3. The van der Waals surface area contributed by atoms with E-state index in [4.69, 9.17) is 9.47 Å². The predicted octanol–water partition coefficient (Wildman–Crippen LogP) is 4.81. The minimum absolute atomic E-state index is 0.146. The molecule has 1 amide bonds. The van der Waals surface area contributed by atoms with Crippen LogP contribution in [-0.4, -0.2) is 32.5 Å². The van der Waals surface area contributed by atoms with Crippen molar-refractivity contribution < 1.29 is 14.3 Å². The third kappa shape index (κ3) is 5.74. The van der Waals surface area contributed by atoms with Crippen molar-refractivity contribution in [1.29, 1.82) is 0 Å². The Kier molecular flexibility index (Phi) is 6.68. The van der Waals surface area contributed by atoms with E-state index in [-0.39, 0.29) is 18.2 Å². The third-order valence-corrected chi connectivity index (χ3v) is 5.42. The van der Waals surface area contributed by atoms with Gasteiger partial charge in [0.25, 0.3) is 0 Å². The summed E-state index contributed by atoms with van der Waals surface area (Å²) in [5.74, 6) is 2.97. The van der Waals surface area contributed by atoms with Gasteiger partial charge >= 0.3 is 6.09 Å². The summed E-state index contributed by atoms with van der Waals surface area (Å²) in [5, 5.41) is 11.9. The highest BCUT2D eigenvalue weighted by molar-refractivity contribution is 5.68. The average molecular weight is 415 g/mol. The Balaban J connectivity index is 1.57. The van der Waals surface area contributed by atoms with Crippen LogP contribution < -0.4 is 10.1 Å². The molecule has 0 spiro atoms. The number of carbonyl (C=O) groups excluding carboxylic acids is 1. The summed E-state index contributed by atoms with van der Waals surface area (Å²) in [4.78, 5) is 12.0. The number of alkyl carbamates (subject to hydrolysis) is 1. The van der Waals surface area contributed by atoms with Crippen LogP contribution in [0.3, 0.4) is 0 Å². The molecule has 164 valence electrons. The van der Waals surface area contributed by atoms with Gasteiger partial charge in [-0.2, -0.15) is 0 Å². The fraction of sp³-hybridized carbons (Fsp3) is 0.609. The molecule has 1 aliphatic rings. The summed E-state index contributed by atoms with van der Waals surface area (Å²) in [6.45, 7) is 9.67. The summed E-state index contributed by atoms with van der Waals surface area (Å²) in [6, 6.07) is 8.16. The first-order valence-electron chi connectivity index (χ1n) is 10.7. The van der Waals surface area contributed by atoms with Crippen molar-refractivity contribution in [2.24, 2.45) is 7.05 Å². The van der Waals surface area contributed by atoms with E-state index in [1.54, 1.807) is 0 Å². The molecule has 1 aliphatic carbocycles. The summed E-state index contributed by atoms with van der Waals surface area (Å²) >= 11 is 0. The fourth-order valence-electron chi connectivity index (χ4n) is 3.98. The summed E-state index contributed by atoms with van der Waals surface area (Å²) in [6.07, 6.45) is 3.19. The van der Waals surface area contributed by atoms with Crippen LogP contribution in [0.1, 0.15) is 82.6 Å². The van der Waals surface area contributed by atoms with Gasteiger partial charge in [0.15, 0.2) is 11.9 Å². The van der Waals surface area contributed by atoms with Gasteiger partial charge in [0.05, 0.1) is 0 Å².